The van der Waals surface area contributed by atoms with Crippen molar-refractivity contribution in [1.82, 2.24) is 9.97 Å². The van der Waals surface area contributed by atoms with E-state index in [1.54, 1.807) is 36.9 Å². The number of thiophene rings is 4. The van der Waals surface area contributed by atoms with E-state index >= 15 is 0 Å². The molecule has 6 aromatic rings. The highest BCUT2D eigenvalue weighted by Crippen LogP contribution is 2.44. The van der Waals surface area contributed by atoms with E-state index in [-0.39, 0.29) is 0 Å². The molecule has 0 aliphatic heterocycles. The molecule has 0 aliphatic carbocycles. The number of rotatable bonds is 5. The normalized spacial score (nSPS) is 11.4. The quantitative estimate of drug-likeness (QED) is 0.244. The van der Waals surface area contributed by atoms with E-state index in [4.69, 9.17) is 9.47 Å². The standard InChI is InChI=1S/C24H16N2O2S4/c1-27-23-9-13-7-19(31-21(13)11-25-23)17-5-3-15(29-17)16-4-6-18(30-16)20-8-14-10-24(28-2)26-12-22(14)32-20/h3-12H,1-2H3. The van der Waals surface area contributed by atoms with Crippen LogP contribution in [0.2, 0.25) is 0 Å². The maximum atomic E-state index is 5.26. The Morgan fingerprint density at radius 2 is 0.938 bits per heavy atom. The molecule has 0 saturated carbocycles. The van der Waals surface area contributed by atoms with Crippen LogP contribution < -0.4 is 9.47 Å². The summed E-state index contributed by atoms with van der Waals surface area (Å²) in [5.41, 5.74) is 0. The summed E-state index contributed by atoms with van der Waals surface area (Å²) in [6.07, 6.45) is 3.77. The van der Waals surface area contributed by atoms with Crippen LogP contribution in [0.25, 0.3) is 49.4 Å². The molecule has 0 aromatic carbocycles. The van der Waals surface area contributed by atoms with Gasteiger partial charge in [-0.3, -0.25) is 0 Å². The number of nitrogens with zero attached hydrogens (tertiary/aromatic N) is 2. The Bertz CT molecular complexity index is 1460. The molecule has 6 heterocycles. The van der Waals surface area contributed by atoms with Gasteiger partial charge in [-0.1, -0.05) is 0 Å². The van der Waals surface area contributed by atoms with Crippen LogP contribution in [0.3, 0.4) is 0 Å². The third kappa shape index (κ3) is 3.49. The van der Waals surface area contributed by atoms with Crippen LogP contribution in [0.5, 0.6) is 11.8 Å². The molecule has 32 heavy (non-hydrogen) atoms. The number of aromatic nitrogens is 2. The Morgan fingerprint density at radius 3 is 1.34 bits per heavy atom. The van der Waals surface area contributed by atoms with Gasteiger partial charge in [-0.15, -0.1) is 45.3 Å². The van der Waals surface area contributed by atoms with Crippen LogP contribution in [0.4, 0.5) is 0 Å². The van der Waals surface area contributed by atoms with Gasteiger partial charge in [0, 0.05) is 64.6 Å². The van der Waals surface area contributed by atoms with Gasteiger partial charge < -0.3 is 9.47 Å². The Balaban J connectivity index is 1.31. The lowest BCUT2D eigenvalue weighted by Gasteiger charge is -1.95. The molecule has 6 aromatic heterocycles. The van der Waals surface area contributed by atoms with Crippen LogP contribution in [0, 0.1) is 0 Å². The van der Waals surface area contributed by atoms with Gasteiger partial charge in [-0.05, 0) is 36.4 Å². The third-order valence-corrected chi connectivity index (χ3v) is 10.0. The minimum absolute atomic E-state index is 0.648. The zero-order valence-electron chi connectivity index (χ0n) is 17.1. The monoisotopic (exact) mass is 492 g/mol. The van der Waals surface area contributed by atoms with E-state index in [1.165, 1.54) is 49.4 Å². The number of fused-ring (bicyclic) bond motifs is 2. The fourth-order valence-corrected chi connectivity index (χ4v) is 7.81. The fourth-order valence-electron chi connectivity index (χ4n) is 3.52. The van der Waals surface area contributed by atoms with Gasteiger partial charge in [0.1, 0.15) is 0 Å². The highest BCUT2D eigenvalue weighted by atomic mass is 32.1. The second-order valence-electron chi connectivity index (χ2n) is 7.08. The highest BCUT2D eigenvalue weighted by Gasteiger charge is 2.13. The first kappa shape index (κ1) is 19.9. The van der Waals surface area contributed by atoms with E-state index in [0.29, 0.717) is 11.8 Å². The molecule has 0 N–H and O–H groups in total. The van der Waals surface area contributed by atoms with E-state index in [1.807, 2.05) is 47.2 Å². The van der Waals surface area contributed by atoms with Crippen molar-refractivity contribution in [3.63, 3.8) is 0 Å². The van der Waals surface area contributed by atoms with Gasteiger partial charge >= 0.3 is 0 Å². The average molecular weight is 493 g/mol. The molecular weight excluding hydrogens is 477 g/mol. The fraction of sp³-hybridized carbons (Fsp3) is 0.0833. The van der Waals surface area contributed by atoms with Crippen molar-refractivity contribution in [2.24, 2.45) is 0 Å². The summed E-state index contributed by atoms with van der Waals surface area (Å²) in [5.74, 6) is 1.30. The Morgan fingerprint density at radius 1 is 0.531 bits per heavy atom. The van der Waals surface area contributed by atoms with Crippen LogP contribution in [-0.4, -0.2) is 24.2 Å². The van der Waals surface area contributed by atoms with Gasteiger partial charge in [-0.2, -0.15) is 0 Å². The molecule has 0 saturated heterocycles. The zero-order valence-corrected chi connectivity index (χ0v) is 20.4. The van der Waals surface area contributed by atoms with Crippen molar-refractivity contribution in [3.05, 3.63) is 60.9 Å². The number of pyridine rings is 2. The largest absolute Gasteiger partial charge is 0.481 e. The van der Waals surface area contributed by atoms with E-state index in [2.05, 4.69) is 46.4 Å². The molecule has 8 heteroatoms. The van der Waals surface area contributed by atoms with E-state index in [9.17, 15) is 0 Å². The van der Waals surface area contributed by atoms with Crippen LogP contribution in [0.15, 0.2) is 60.9 Å². The van der Waals surface area contributed by atoms with Gasteiger partial charge in [0.05, 0.1) is 23.6 Å². The van der Waals surface area contributed by atoms with Crippen LogP contribution in [0.1, 0.15) is 0 Å². The summed E-state index contributed by atoms with van der Waals surface area (Å²) in [5, 5.41) is 2.34. The predicted molar refractivity (Wildman–Crippen MR) is 138 cm³/mol. The summed E-state index contributed by atoms with van der Waals surface area (Å²) in [4.78, 5) is 16.3. The number of methoxy groups -OCH3 is 2. The molecule has 0 atom stereocenters. The maximum Gasteiger partial charge on any atom is 0.213 e. The first-order valence-corrected chi connectivity index (χ1v) is 13.0. The molecular formula is C24H16N2O2S4. The Hall–Kier alpha value is -2.78. The van der Waals surface area contributed by atoms with Crippen molar-refractivity contribution in [1.29, 1.82) is 0 Å². The molecule has 0 aliphatic rings. The molecule has 0 fully saturated rings. The van der Waals surface area contributed by atoms with Crippen molar-refractivity contribution in [3.8, 4) is 41.0 Å². The second kappa shape index (κ2) is 7.97. The SMILES string of the molecule is COc1cc2cc(-c3ccc(-c4ccc(-c5cc6cc(OC)ncc6s5)s4)s3)sc2cn1. The minimum atomic E-state index is 0.648. The molecule has 6 rings (SSSR count). The predicted octanol–water partition coefficient (Wildman–Crippen LogP) is 8.05. The van der Waals surface area contributed by atoms with Crippen molar-refractivity contribution < 1.29 is 9.47 Å². The highest BCUT2D eigenvalue weighted by molar-refractivity contribution is 7.30. The van der Waals surface area contributed by atoms with Gasteiger partial charge in [0.2, 0.25) is 11.8 Å². The van der Waals surface area contributed by atoms with Crippen molar-refractivity contribution in [2.45, 2.75) is 0 Å². The molecule has 158 valence electrons. The van der Waals surface area contributed by atoms with Crippen LogP contribution >= 0.6 is 45.3 Å². The minimum Gasteiger partial charge on any atom is -0.481 e. The molecule has 0 amide bonds. The number of ether oxygens (including phenoxy) is 2. The molecule has 0 radical (unpaired) electrons. The maximum absolute atomic E-state index is 5.26. The van der Waals surface area contributed by atoms with Crippen LogP contribution in [-0.2, 0) is 0 Å². The number of hydrogen-bond donors (Lipinski definition) is 0. The summed E-state index contributed by atoms with van der Waals surface area (Å²) in [7, 11) is 3.30. The van der Waals surface area contributed by atoms with Crippen molar-refractivity contribution in [2.75, 3.05) is 14.2 Å². The lowest BCUT2D eigenvalue weighted by Crippen LogP contribution is -1.84. The summed E-state index contributed by atoms with van der Waals surface area (Å²) in [6, 6.07) is 17.3. The lowest BCUT2D eigenvalue weighted by molar-refractivity contribution is 0.398. The first-order chi connectivity index (χ1) is 15.7. The lowest BCUT2D eigenvalue weighted by atomic mass is 10.3. The summed E-state index contributed by atoms with van der Waals surface area (Å²) >= 11 is 7.19. The van der Waals surface area contributed by atoms with E-state index < -0.39 is 0 Å². The topological polar surface area (TPSA) is 44.2 Å². The molecule has 0 unspecified atom stereocenters. The molecule has 4 nitrogen and oxygen atoms in total. The molecule has 0 bridgehead atoms. The van der Waals surface area contributed by atoms with Gasteiger partial charge in [-0.25, -0.2) is 9.97 Å². The van der Waals surface area contributed by atoms with Crippen molar-refractivity contribution >= 4 is 65.5 Å². The summed E-state index contributed by atoms with van der Waals surface area (Å²) < 4.78 is 12.9. The molecule has 0 spiro atoms. The number of hydrogen-bond acceptors (Lipinski definition) is 8. The Labute approximate surface area is 200 Å². The first-order valence-electron chi connectivity index (χ1n) is 9.78. The van der Waals surface area contributed by atoms with Gasteiger partial charge in [0.25, 0.3) is 0 Å². The zero-order chi connectivity index (χ0) is 21.7. The second-order valence-corrected chi connectivity index (χ2v) is 11.4. The summed E-state index contributed by atoms with van der Waals surface area (Å²) in [6.45, 7) is 0. The Kier molecular flexibility index (Phi) is 4.95. The third-order valence-electron chi connectivity index (χ3n) is 5.12. The van der Waals surface area contributed by atoms with Gasteiger partial charge in [0.15, 0.2) is 0 Å². The smallest absolute Gasteiger partial charge is 0.213 e. The van der Waals surface area contributed by atoms with E-state index in [0.717, 1.165) is 0 Å². The average Bonchev–Trinajstić information content (AvgIpc) is 3.61.